The zero-order chi connectivity index (χ0) is 5.91. The smallest absolute Gasteiger partial charge is 0.302 e. The number of hydrogen-bond donors (Lipinski definition) is 1. The highest BCUT2D eigenvalue weighted by molar-refractivity contribution is 14.1. The molecule has 0 saturated carbocycles. The van der Waals surface area contributed by atoms with E-state index >= 15 is 0 Å². The lowest BCUT2D eigenvalue weighted by molar-refractivity contribution is 0.264. The van der Waals surface area contributed by atoms with Gasteiger partial charge in [-0.25, -0.2) is 7.42 Å². The first-order valence-electron chi connectivity index (χ1n) is 1.31. The zero-order valence-corrected chi connectivity index (χ0v) is 6.55. The molecule has 0 heterocycles. The van der Waals surface area contributed by atoms with Gasteiger partial charge in [-0.15, -0.1) is 0 Å². The molecule has 7 heavy (non-hydrogen) atoms. The molecule has 0 rings (SSSR count). The van der Waals surface area contributed by atoms with Gasteiger partial charge in [0.25, 0.3) is 0 Å². The number of phosphoric acid groups is 1. The Bertz CT molecular complexity index is 83.7. The molecule has 6 heteroatoms. The third-order valence-electron chi connectivity index (χ3n) is 0.318. The molecule has 0 fully saturated rings. The van der Waals surface area contributed by atoms with Gasteiger partial charge in [-0.3, -0.25) is 4.52 Å². The van der Waals surface area contributed by atoms with Gasteiger partial charge in [0.2, 0.25) is 0 Å². The van der Waals surface area contributed by atoms with Crippen LogP contribution in [-0.4, -0.2) is 12.0 Å². The molecule has 0 aromatic rings. The highest BCUT2D eigenvalue weighted by Crippen LogP contribution is 2.44. The van der Waals surface area contributed by atoms with E-state index in [9.17, 15) is 4.57 Å². The molecule has 0 radical (unpaired) electrons. The summed E-state index contributed by atoms with van der Waals surface area (Å²) in [6.07, 6.45) is 0. The first kappa shape index (κ1) is 7.84. The minimum atomic E-state index is -3.67. The fourth-order valence-electron chi connectivity index (χ4n) is 0.0282. The van der Waals surface area contributed by atoms with E-state index in [2.05, 4.69) is 7.38 Å². The van der Waals surface area contributed by atoms with Crippen molar-refractivity contribution in [2.24, 2.45) is 0 Å². The summed E-state index contributed by atoms with van der Waals surface area (Å²) in [4.78, 5) is 8.24. The van der Waals surface area contributed by atoms with Gasteiger partial charge in [-0.2, -0.15) is 0 Å². The Morgan fingerprint density at radius 3 is 2.29 bits per heavy atom. The van der Waals surface area contributed by atoms with Crippen LogP contribution < -0.4 is 0 Å². The zero-order valence-electron chi connectivity index (χ0n) is 3.50. The fourth-order valence-corrected chi connectivity index (χ4v) is 0.567. The van der Waals surface area contributed by atoms with Crippen LogP contribution in [0.1, 0.15) is 0 Å². The van der Waals surface area contributed by atoms with E-state index < -0.39 is 7.82 Å². The molecule has 1 unspecified atom stereocenters. The molecule has 1 atom stereocenters. The van der Waals surface area contributed by atoms with Crippen LogP contribution in [-0.2, 0) is 11.9 Å². The van der Waals surface area contributed by atoms with Gasteiger partial charge >= 0.3 is 7.82 Å². The lowest BCUT2D eigenvalue weighted by Crippen LogP contribution is -1.78. The van der Waals surface area contributed by atoms with Crippen molar-refractivity contribution in [3.8, 4) is 0 Å². The number of halogens is 1. The van der Waals surface area contributed by atoms with Crippen molar-refractivity contribution in [3.05, 3.63) is 0 Å². The maximum absolute atomic E-state index is 10.1. The Hall–Kier alpha value is 0.840. The van der Waals surface area contributed by atoms with Gasteiger partial charge in [0, 0.05) is 7.11 Å². The van der Waals surface area contributed by atoms with E-state index in [-0.39, 0.29) is 0 Å². The average Bonchev–Trinajstić information content (AvgIpc) is 1.68. The van der Waals surface area contributed by atoms with Crippen LogP contribution in [0.4, 0.5) is 0 Å². The Balaban J connectivity index is 3.61. The van der Waals surface area contributed by atoms with Crippen molar-refractivity contribution in [2.45, 2.75) is 0 Å². The summed E-state index contributed by atoms with van der Waals surface area (Å²) in [5.74, 6) is 0. The van der Waals surface area contributed by atoms with E-state index in [1.54, 1.807) is 0 Å². The van der Waals surface area contributed by atoms with E-state index in [1.807, 2.05) is 0 Å². The molecule has 0 spiro atoms. The lowest BCUT2D eigenvalue weighted by Gasteiger charge is -1.99. The molecule has 0 bridgehead atoms. The third-order valence-corrected chi connectivity index (χ3v) is 2.45. The summed E-state index contributed by atoms with van der Waals surface area (Å²) >= 11 is 1.29. The predicted octanol–water partition coefficient (Wildman–Crippen LogP) is 1.10. The second-order valence-electron chi connectivity index (χ2n) is 0.720. The minimum Gasteiger partial charge on any atom is -0.302 e. The van der Waals surface area contributed by atoms with Crippen LogP contribution in [0.5, 0.6) is 0 Å². The minimum absolute atomic E-state index is 1.10. The molecule has 0 amide bonds. The van der Waals surface area contributed by atoms with Crippen LogP contribution in [0.25, 0.3) is 0 Å². The monoisotopic (exact) mass is 238 g/mol. The number of rotatable bonds is 2. The van der Waals surface area contributed by atoms with Crippen molar-refractivity contribution in [2.75, 3.05) is 7.11 Å². The molecule has 0 aliphatic carbocycles. The van der Waals surface area contributed by atoms with E-state index in [0.29, 0.717) is 0 Å². The summed E-state index contributed by atoms with van der Waals surface area (Å²) in [5.41, 5.74) is 0. The molecule has 0 aromatic carbocycles. The van der Waals surface area contributed by atoms with E-state index in [0.717, 1.165) is 7.11 Å². The van der Waals surface area contributed by atoms with Gasteiger partial charge in [0.15, 0.2) is 0 Å². The van der Waals surface area contributed by atoms with Gasteiger partial charge in [0.05, 0.1) is 0 Å². The maximum Gasteiger partial charge on any atom is 0.481 e. The van der Waals surface area contributed by atoms with Crippen molar-refractivity contribution < 1.29 is 16.8 Å². The molecule has 4 nitrogen and oxygen atoms in total. The summed E-state index contributed by atoms with van der Waals surface area (Å²) in [6, 6.07) is 0. The lowest BCUT2D eigenvalue weighted by atomic mass is 11.8. The van der Waals surface area contributed by atoms with Crippen LogP contribution in [0.2, 0.25) is 0 Å². The Morgan fingerprint density at radius 2 is 2.29 bits per heavy atom. The molecular formula is CH4IO4P. The second-order valence-corrected chi connectivity index (χ2v) is 3.34. The van der Waals surface area contributed by atoms with Gasteiger partial charge in [-0.1, -0.05) is 0 Å². The summed E-state index contributed by atoms with van der Waals surface area (Å²) in [6.45, 7) is 0. The predicted molar refractivity (Wildman–Crippen MR) is 31.9 cm³/mol. The number of hydrogen-bond acceptors (Lipinski definition) is 3. The van der Waals surface area contributed by atoms with Crippen LogP contribution in [0, 0.1) is 0 Å². The average molecular weight is 238 g/mol. The molecule has 44 valence electrons. The third kappa shape index (κ3) is 3.42. The fraction of sp³-hybridized carbons (Fsp3) is 1.00. The summed E-state index contributed by atoms with van der Waals surface area (Å²) in [7, 11) is -2.57. The highest BCUT2D eigenvalue weighted by Gasteiger charge is 2.15. The molecule has 0 aliphatic heterocycles. The van der Waals surface area contributed by atoms with Gasteiger partial charge in [-0.05, 0) is 0 Å². The highest BCUT2D eigenvalue weighted by atomic mass is 127. The van der Waals surface area contributed by atoms with E-state index in [1.165, 1.54) is 23.0 Å². The molecule has 1 N–H and O–H groups in total. The second kappa shape index (κ2) is 2.99. The van der Waals surface area contributed by atoms with Crippen molar-refractivity contribution in [3.63, 3.8) is 0 Å². The SMILES string of the molecule is COP(=O)(O)OI. The summed E-state index contributed by atoms with van der Waals surface area (Å²) < 4.78 is 18.0. The Labute approximate surface area is 55.1 Å². The van der Waals surface area contributed by atoms with Crippen molar-refractivity contribution in [1.82, 2.24) is 0 Å². The van der Waals surface area contributed by atoms with Gasteiger partial charge < -0.3 is 4.89 Å². The first-order valence-corrected chi connectivity index (χ1v) is 3.69. The summed E-state index contributed by atoms with van der Waals surface area (Å²) in [5, 5.41) is 0. The topological polar surface area (TPSA) is 55.8 Å². The molecule has 0 aromatic heterocycles. The standard InChI is InChI=1S/CH4IO4P/c1-5-7(3,4)6-2/h1H3,(H,3,4). The Kier molecular flexibility index (Phi) is 3.34. The molecule has 0 aliphatic rings. The van der Waals surface area contributed by atoms with Crippen LogP contribution in [0.15, 0.2) is 0 Å². The maximum atomic E-state index is 10.1. The molecule has 0 saturated heterocycles. The first-order chi connectivity index (χ1) is 3.12. The number of phosphoric ester groups is 1. The Morgan fingerprint density at radius 1 is 1.86 bits per heavy atom. The normalized spacial score (nSPS) is 18.7. The molecular weight excluding hydrogens is 234 g/mol. The van der Waals surface area contributed by atoms with Crippen LogP contribution >= 0.6 is 30.8 Å². The largest absolute Gasteiger partial charge is 0.481 e. The quantitative estimate of drug-likeness (QED) is 0.578. The van der Waals surface area contributed by atoms with Crippen molar-refractivity contribution >= 4 is 30.8 Å². The van der Waals surface area contributed by atoms with Crippen molar-refractivity contribution in [1.29, 1.82) is 0 Å². The van der Waals surface area contributed by atoms with Gasteiger partial charge in [0.1, 0.15) is 23.0 Å². The van der Waals surface area contributed by atoms with Crippen LogP contribution in [0.3, 0.4) is 0 Å². The van der Waals surface area contributed by atoms with E-state index in [4.69, 9.17) is 4.89 Å².